The van der Waals surface area contributed by atoms with Crippen LogP contribution in [-0.2, 0) is 9.59 Å². The minimum atomic E-state index is -1.39. The molecule has 2 amide bonds. The molecule has 12 heavy (non-hydrogen) atoms. The van der Waals surface area contributed by atoms with Crippen molar-refractivity contribution < 1.29 is 24.6 Å². The van der Waals surface area contributed by atoms with E-state index in [1.165, 1.54) is 0 Å². The van der Waals surface area contributed by atoms with E-state index in [2.05, 4.69) is 0 Å². The Kier molecular flexibility index (Phi) is 1.86. The van der Waals surface area contributed by atoms with Gasteiger partial charge >= 0.3 is 18.0 Å². The summed E-state index contributed by atoms with van der Waals surface area (Å²) in [5, 5.41) is 20.8. The number of amides is 2. The summed E-state index contributed by atoms with van der Waals surface area (Å²) in [6.45, 7) is 0. The molecule has 0 aromatic rings. The summed E-state index contributed by atoms with van der Waals surface area (Å²) in [7, 11) is 0. The largest absolute Gasteiger partial charge is 0.480 e. The van der Waals surface area contributed by atoms with Gasteiger partial charge in [0.2, 0.25) is 0 Å². The molecular formula is C5H6N2O5. The van der Waals surface area contributed by atoms with Gasteiger partial charge in [0.05, 0.1) is 0 Å². The molecule has 0 radical (unpaired) electrons. The average Bonchev–Trinajstić information content (AvgIpc) is 2.31. The molecule has 2 atom stereocenters. The molecule has 0 aromatic carbocycles. The number of aliphatic carboxylic acids is 2. The molecule has 1 heterocycles. The van der Waals surface area contributed by atoms with Gasteiger partial charge in [0.25, 0.3) is 0 Å². The Bertz CT molecular complexity index is 226. The lowest BCUT2D eigenvalue weighted by atomic mass is 10.1. The number of urea groups is 1. The second kappa shape index (κ2) is 2.68. The molecule has 1 saturated heterocycles. The van der Waals surface area contributed by atoms with Gasteiger partial charge in [0.15, 0.2) is 12.1 Å². The van der Waals surface area contributed by atoms with E-state index in [0.29, 0.717) is 0 Å². The lowest BCUT2D eigenvalue weighted by Crippen LogP contribution is -2.45. The fourth-order valence-electron chi connectivity index (χ4n) is 0.899. The van der Waals surface area contributed by atoms with Gasteiger partial charge in [-0.05, 0) is 0 Å². The molecule has 7 heteroatoms. The summed E-state index contributed by atoms with van der Waals surface area (Å²) < 4.78 is 0. The van der Waals surface area contributed by atoms with Crippen LogP contribution in [-0.4, -0.2) is 40.3 Å². The van der Waals surface area contributed by atoms with Gasteiger partial charge in [-0.3, -0.25) is 0 Å². The van der Waals surface area contributed by atoms with E-state index < -0.39 is 30.1 Å². The minimum absolute atomic E-state index is 0.783. The lowest BCUT2D eigenvalue weighted by Gasteiger charge is -2.07. The van der Waals surface area contributed by atoms with Crippen molar-refractivity contribution in [2.45, 2.75) is 12.1 Å². The van der Waals surface area contributed by atoms with Crippen LogP contribution in [0.15, 0.2) is 0 Å². The first kappa shape index (κ1) is 8.31. The van der Waals surface area contributed by atoms with Crippen molar-refractivity contribution in [1.29, 1.82) is 0 Å². The Morgan fingerprint density at radius 3 is 1.67 bits per heavy atom. The van der Waals surface area contributed by atoms with Gasteiger partial charge in [-0.15, -0.1) is 0 Å². The molecule has 0 aromatic heterocycles. The van der Waals surface area contributed by atoms with E-state index in [1.54, 1.807) is 0 Å². The van der Waals surface area contributed by atoms with E-state index in [-0.39, 0.29) is 0 Å². The molecule has 0 bridgehead atoms. The van der Waals surface area contributed by atoms with Gasteiger partial charge in [-0.1, -0.05) is 0 Å². The molecule has 1 aliphatic heterocycles. The van der Waals surface area contributed by atoms with Crippen molar-refractivity contribution >= 4 is 18.0 Å². The quantitative estimate of drug-likeness (QED) is 0.394. The second-order valence-electron chi connectivity index (χ2n) is 2.25. The van der Waals surface area contributed by atoms with Crippen molar-refractivity contribution in [3.8, 4) is 0 Å². The van der Waals surface area contributed by atoms with Gasteiger partial charge in [-0.25, -0.2) is 14.4 Å². The number of carboxylic acids is 2. The van der Waals surface area contributed by atoms with Gasteiger partial charge < -0.3 is 20.8 Å². The van der Waals surface area contributed by atoms with Crippen LogP contribution in [0.3, 0.4) is 0 Å². The number of carbonyl (C=O) groups excluding carboxylic acids is 1. The number of hydrogen-bond donors (Lipinski definition) is 4. The normalized spacial score (nSPS) is 27.5. The number of carbonyl (C=O) groups is 3. The van der Waals surface area contributed by atoms with Crippen LogP contribution in [0.25, 0.3) is 0 Å². The molecule has 0 saturated carbocycles. The third-order valence-electron chi connectivity index (χ3n) is 1.44. The van der Waals surface area contributed by atoms with Crippen LogP contribution in [0.5, 0.6) is 0 Å². The Labute approximate surface area is 66.4 Å². The molecule has 1 rings (SSSR count). The SMILES string of the molecule is O=C1N[C@H](C(=O)O)[C@H](C(=O)O)N1. The molecule has 0 spiro atoms. The summed E-state index contributed by atoms with van der Waals surface area (Å²) in [6.07, 6.45) is 0. The fraction of sp³-hybridized carbons (Fsp3) is 0.400. The Hall–Kier alpha value is -1.79. The predicted molar refractivity (Wildman–Crippen MR) is 34.5 cm³/mol. The maximum absolute atomic E-state index is 10.5. The molecular weight excluding hydrogens is 168 g/mol. The zero-order valence-electron chi connectivity index (χ0n) is 5.77. The highest BCUT2D eigenvalue weighted by Gasteiger charge is 2.41. The molecule has 0 aliphatic carbocycles. The van der Waals surface area contributed by atoms with Crippen LogP contribution < -0.4 is 10.6 Å². The molecule has 1 aliphatic rings. The molecule has 7 nitrogen and oxygen atoms in total. The van der Waals surface area contributed by atoms with E-state index in [4.69, 9.17) is 10.2 Å². The van der Waals surface area contributed by atoms with Crippen molar-refractivity contribution in [1.82, 2.24) is 10.6 Å². The van der Waals surface area contributed by atoms with E-state index in [9.17, 15) is 14.4 Å². The summed E-state index contributed by atoms with van der Waals surface area (Å²) in [6, 6.07) is -3.57. The summed E-state index contributed by atoms with van der Waals surface area (Å²) in [4.78, 5) is 31.2. The van der Waals surface area contributed by atoms with Crippen molar-refractivity contribution in [3.63, 3.8) is 0 Å². The number of nitrogens with one attached hydrogen (secondary N) is 2. The molecule has 66 valence electrons. The lowest BCUT2D eigenvalue weighted by molar-refractivity contribution is -0.146. The maximum atomic E-state index is 10.5. The summed E-state index contributed by atoms with van der Waals surface area (Å²) in [5.41, 5.74) is 0. The predicted octanol–water partition coefficient (Wildman–Crippen LogP) is -1.79. The summed E-state index contributed by atoms with van der Waals surface area (Å²) in [5.74, 6) is -2.75. The summed E-state index contributed by atoms with van der Waals surface area (Å²) >= 11 is 0. The first-order valence-corrected chi connectivity index (χ1v) is 3.05. The van der Waals surface area contributed by atoms with Crippen LogP contribution in [0.1, 0.15) is 0 Å². The third-order valence-corrected chi connectivity index (χ3v) is 1.44. The van der Waals surface area contributed by atoms with Crippen LogP contribution in [0.2, 0.25) is 0 Å². The fourth-order valence-corrected chi connectivity index (χ4v) is 0.899. The topological polar surface area (TPSA) is 116 Å². The van der Waals surface area contributed by atoms with Crippen molar-refractivity contribution in [2.24, 2.45) is 0 Å². The van der Waals surface area contributed by atoms with Crippen LogP contribution >= 0.6 is 0 Å². The second-order valence-corrected chi connectivity index (χ2v) is 2.25. The average molecular weight is 174 g/mol. The smallest absolute Gasteiger partial charge is 0.329 e. The van der Waals surface area contributed by atoms with Gasteiger partial charge in [-0.2, -0.15) is 0 Å². The maximum Gasteiger partial charge on any atom is 0.329 e. The third kappa shape index (κ3) is 1.29. The van der Waals surface area contributed by atoms with Gasteiger partial charge in [0.1, 0.15) is 0 Å². The number of hydrogen-bond acceptors (Lipinski definition) is 3. The highest BCUT2D eigenvalue weighted by molar-refractivity contribution is 5.95. The molecule has 1 fully saturated rings. The number of carboxylic acid groups (broad SMARTS) is 2. The molecule has 4 N–H and O–H groups in total. The standard InChI is InChI=1S/C5H6N2O5/c8-3(9)1-2(4(10)11)7-5(12)6-1/h1-2H,(H,8,9)(H,10,11)(H2,6,7,12)/t1-,2+. The highest BCUT2D eigenvalue weighted by atomic mass is 16.4. The van der Waals surface area contributed by atoms with Crippen LogP contribution in [0, 0.1) is 0 Å². The van der Waals surface area contributed by atoms with Crippen molar-refractivity contribution in [3.05, 3.63) is 0 Å². The van der Waals surface area contributed by atoms with E-state index in [0.717, 1.165) is 0 Å². The first-order chi connectivity index (χ1) is 5.52. The zero-order valence-corrected chi connectivity index (χ0v) is 5.77. The Morgan fingerprint density at radius 2 is 1.42 bits per heavy atom. The van der Waals surface area contributed by atoms with Crippen LogP contribution in [0.4, 0.5) is 4.79 Å². The van der Waals surface area contributed by atoms with Crippen molar-refractivity contribution in [2.75, 3.05) is 0 Å². The van der Waals surface area contributed by atoms with E-state index in [1.807, 2.05) is 10.6 Å². The highest BCUT2D eigenvalue weighted by Crippen LogP contribution is 2.01. The Morgan fingerprint density at radius 1 is 1.08 bits per heavy atom. The minimum Gasteiger partial charge on any atom is -0.480 e. The molecule has 0 unspecified atom stereocenters. The number of rotatable bonds is 2. The first-order valence-electron chi connectivity index (χ1n) is 3.05. The zero-order chi connectivity index (χ0) is 9.30. The Balaban J connectivity index is 2.79. The van der Waals surface area contributed by atoms with Gasteiger partial charge in [0, 0.05) is 0 Å². The monoisotopic (exact) mass is 174 g/mol. The van der Waals surface area contributed by atoms with E-state index >= 15 is 0 Å².